The van der Waals surface area contributed by atoms with Gasteiger partial charge in [-0.05, 0) is 12.8 Å². The fourth-order valence-corrected chi connectivity index (χ4v) is 2.98. The van der Waals surface area contributed by atoms with E-state index in [1.54, 1.807) is 12.4 Å². The molecule has 0 radical (unpaired) electrons. The molecule has 1 heterocycles. The lowest BCUT2D eigenvalue weighted by Crippen LogP contribution is -2.32. The van der Waals surface area contributed by atoms with Crippen LogP contribution in [-0.2, 0) is 9.59 Å². The summed E-state index contributed by atoms with van der Waals surface area (Å²) in [6.45, 7) is 0.351. The molecule has 25 heavy (non-hydrogen) atoms. The number of carbonyl (C=O) groups excluding carboxylic acids is 2. The van der Waals surface area contributed by atoms with Crippen LogP contribution in [-0.4, -0.2) is 28.3 Å². The highest BCUT2D eigenvalue weighted by atomic mass is 16.2. The average molecular weight is 338 g/mol. The molecule has 2 aromatic rings. The van der Waals surface area contributed by atoms with Gasteiger partial charge in [-0.2, -0.15) is 0 Å². The van der Waals surface area contributed by atoms with Gasteiger partial charge in [-0.25, -0.2) is 9.97 Å². The van der Waals surface area contributed by atoms with Gasteiger partial charge in [0.1, 0.15) is 0 Å². The minimum Gasteiger partial charge on any atom is -0.355 e. The number of anilines is 1. The first-order chi connectivity index (χ1) is 12.2. The maximum Gasteiger partial charge on any atom is 0.226 e. The minimum atomic E-state index is -0.164. The Bertz CT molecular complexity index is 710. The van der Waals surface area contributed by atoms with Gasteiger partial charge in [-0.3, -0.25) is 9.59 Å². The van der Waals surface area contributed by atoms with Crippen molar-refractivity contribution in [2.45, 2.75) is 32.1 Å². The number of rotatable bonds is 6. The van der Waals surface area contributed by atoms with Gasteiger partial charge >= 0.3 is 0 Å². The Kier molecular flexibility index (Phi) is 5.72. The van der Waals surface area contributed by atoms with E-state index in [1.807, 2.05) is 30.3 Å². The van der Waals surface area contributed by atoms with Crippen molar-refractivity contribution in [2.75, 3.05) is 11.9 Å². The molecular weight excluding hydrogens is 316 g/mol. The third-order valence-electron chi connectivity index (χ3n) is 4.34. The molecule has 1 aliphatic carbocycles. The van der Waals surface area contributed by atoms with Crippen LogP contribution in [0.25, 0.3) is 11.4 Å². The first-order valence-corrected chi connectivity index (χ1v) is 8.67. The number of nitrogens with zero attached hydrogens (tertiary/aromatic N) is 2. The number of nitrogens with one attached hydrogen (secondary N) is 2. The van der Waals surface area contributed by atoms with Crippen LogP contribution in [0, 0.1) is 5.92 Å². The fraction of sp³-hybridized carbons (Fsp3) is 0.368. The van der Waals surface area contributed by atoms with Gasteiger partial charge in [0.25, 0.3) is 0 Å². The second-order valence-electron chi connectivity index (χ2n) is 6.23. The third kappa shape index (κ3) is 4.86. The van der Waals surface area contributed by atoms with Gasteiger partial charge in [0, 0.05) is 24.4 Å². The molecule has 1 aromatic carbocycles. The SMILES string of the molecule is O=C(CCNC(=O)C1CCCC1)Nc1cnc(-c2ccccc2)nc1. The lowest BCUT2D eigenvalue weighted by Gasteiger charge is -2.10. The molecule has 0 aliphatic heterocycles. The third-order valence-corrected chi connectivity index (χ3v) is 4.34. The summed E-state index contributed by atoms with van der Waals surface area (Å²) in [6, 6.07) is 9.65. The lowest BCUT2D eigenvalue weighted by molar-refractivity contribution is -0.124. The zero-order chi connectivity index (χ0) is 17.5. The van der Waals surface area contributed by atoms with E-state index in [0.29, 0.717) is 18.1 Å². The Morgan fingerprint density at radius 2 is 1.72 bits per heavy atom. The molecule has 1 fully saturated rings. The highest BCUT2D eigenvalue weighted by Gasteiger charge is 2.22. The van der Waals surface area contributed by atoms with Crippen LogP contribution >= 0.6 is 0 Å². The van der Waals surface area contributed by atoms with Crippen molar-refractivity contribution in [2.24, 2.45) is 5.92 Å². The quantitative estimate of drug-likeness (QED) is 0.848. The van der Waals surface area contributed by atoms with Crippen LogP contribution in [0.3, 0.4) is 0 Å². The summed E-state index contributed by atoms with van der Waals surface area (Å²) in [5, 5.41) is 5.59. The number of amides is 2. The monoisotopic (exact) mass is 338 g/mol. The Balaban J connectivity index is 1.44. The molecule has 0 bridgehead atoms. The molecule has 1 aromatic heterocycles. The van der Waals surface area contributed by atoms with E-state index < -0.39 is 0 Å². The molecule has 0 saturated heterocycles. The van der Waals surface area contributed by atoms with Gasteiger partial charge in [-0.1, -0.05) is 43.2 Å². The molecule has 2 N–H and O–H groups in total. The fourth-order valence-electron chi connectivity index (χ4n) is 2.98. The second kappa shape index (κ2) is 8.37. The van der Waals surface area contributed by atoms with E-state index in [0.717, 1.165) is 31.2 Å². The summed E-state index contributed by atoms with van der Waals surface area (Å²) in [4.78, 5) is 32.4. The number of hydrogen-bond donors (Lipinski definition) is 2. The Morgan fingerprint density at radius 3 is 2.40 bits per heavy atom. The second-order valence-corrected chi connectivity index (χ2v) is 6.23. The van der Waals surface area contributed by atoms with Crippen LogP contribution in [0.2, 0.25) is 0 Å². The standard InChI is InChI=1S/C19H22N4O2/c24-17(10-11-20-19(25)15-8-4-5-9-15)23-16-12-21-18(22-13-16)14-6-2-1-3-7-14/h1-3,6-7,12-13,15H,4-5,8-11H2,(H,20,25)(H,23,24). The molecule has 1 saturated carbocycles. The minimum absolute atomic E-state index is 0.0702. The van der Waals surface area contributed by atoms with Gasteiger partial charge < -0.3 is 10.6 Å². The van der Waals surface area contributed by atoms with Gasteiger partial charge in [-0.15, -0.1) is 0 Å². The molecule has 3 rings (SSSR count). The summed E-state index contributed by atoms with van der Waals surface area (Å²) >= 11 is 0. The first kappa shape index (κ1) is 17.1. The smallest absolute Gasteiger partial charge is 0.226 e. The maximum absolute atomic E-state index is 12.0. The highest BCUT2D eigenvalue weighted by Crippen LogP contribution is 2.24. The predicted molar refractivity (Wildman–Crippen MR) is 95.7 cm³/mol. The molecule has 1 aliphatic rings. The molecule has 0 spiro atoms. The molecule has 0 unspecified atom stereocenters. The molecular formula is C19H22N4O2. The Morgan fingerprint density at radius 1 is 1.04 bits per heavy atom. The number of aromatic nitrogens is 2. The Labute approximate surface area is 147 Å². The van der Waals surface area contributed by atoms with Crippen molar-refractivity contribution in [3.8, 4) is 11.4 Å². The summed E-state index contributed by atoms with van der Waals surface area (Å²) in [6.07, 6.45) is 7.58. The summed E-state index contributed by atoms with van der Waals surface area (Å²) in [5.41, 5.74) is 1.47. The molecule has 2 amide bonds. The van der Waals surface area contributed by atoms with E-state index >= 15 is 0 Å². The zero-order valence-corrected chi connectivity index (χ0v) is 14.1. The topological polar surface area (TPSA) is 84.0 Å². The highest BCUT2D eigenvalue weighted by molar-refractivity contribution is 5.91. The lowest BCUT2D eigenvalue weighted by atomic mass is 10.1. The van der Waals surface area contributed by atoms with E-state index in [4.69, 9.17) is 0 Å². The molecule has 0 atom stereocenters. The summed E-state index contributed by atoms with van der Waals surface area (Å²) in [7, 11) is 0. The zero-order valence-electron chi connectivity index (χ0n) is 14.1. The first-order valence-electron chi connectivity index (χ1n) is 8.67. The number of hydrogen-bond acceptors (Lipinski definition) is 4. The van der Waals surface area contributed by atoms with Gasteiger partial charge in [0.15, 0.2) is 5.82 Å². The molecule has 130 valence electrons. The van der Waals surface area contributed by atoms with Crippen LogP contribution in [0.15, 0.2) is 42.7 Å². The average Bonchev–Trinajstić information content (AvgIpc) is 3.18. The van der Waals surface area contributed by atoms with Crippen molar-refractivity contribution < 1.29 is 9.59 Å². The maximum atomic E-state index is 12.0. The van der Waals surface area contributed by atoms with Crippen molar-refractivity contribution >= 4 is 17.5 Å². The van der Waals surface area contributed by atoms with E-state index in [1.165, 1.54) is 0 Å². The van der Waals surface area contributed by atoms with Crippen LogP contribution in [0.5, 0.6) is 0 Å². The predicted octanol–water partition coefficient (Wildman–Crippen LogP) is 2.78. The largest absolute Gasteiger partial charge is 0.355 e. The number of benzene rings is 1. The summed E-state index contributed by atoms with van der Waals surface area (Å²) in [5.74, 6) is 0.646. The van der Waals surface area contributed by atoms with Crippen LogP contribution in [0.4, 0.5) is 5.69 Å². The van der Waals surface area contributed by atoms with Crippen molar-refractivity contribution in [1.29, 1.82) is 0 Å². The normalized spacial score (nSPS) is 14.2. The summed E-state index contributed by atoms with van der Waals surface area (Å²) < 4.78 is 0. The molecule has 6 heteroatoms. The van der Waals surface area contributed by atoms with Crippen LogP contribution < -0.4 is 10.6 Å². The van der Waals surface area contributed by atoms with Crippen molar-refractivity contribution in [3.63, 3.8) is 0 Å². The van der Waals surface area contributed by atoms with Crippen molar-refractivity contribution in [1.82, 2.24) is 15.3 Å². The van der Waals surface area contributed by atoms with E-state index in [2.05, 4.69) is 20.6 Å². The van der Waals surface area contributed by atoms with E-state index in [9.17, 15) is 9.59 Å². The molecule has 6 nitrogen and oxygen atoms in total. The van der Waals surface area contributed by atoms with Gasteiger partial charge in [0.2, 0.25) is 11.8 Å². The van der Waals surface area contributed by atoms with Crippen LogP contribution in [0.1, 0.15) is 32.1 Å². The Hall–Kier alpha value is -2.76. The number of carbonyl (C=O) groups is 2. The van der Waals surface area contributed by atoms with E-state index in [-0.39, 0.29) is 24.2 Å². The van der Waals surface area contributed by atoms with Gasteiger partial charge in [0.05, 0.1) is 18.1 Å². The van der Waals surface area contributed by atoms with Crippen molar-refractivity contribution in [3.05, 3.63) is 42.7 Å².